The molecule has 0 saturated heterocycles. The molecule has 1 amide bonds. The largest absolute Gasteiger partial charge is 0.497 e. The molecule has 37 heavy (non-hydrogen) atoms. The number of anilines is 1. The molecule has 0 aliphatic heterocycles. The maximum atomic E-state index is 12.8. The first-order chi connectivity index (χ1) is 18.0. The third-order valence-corrected chi connectivity index (χ3v) is 7.45. The van der Waals surface area contributed by atoms with Gasteiger partial charge in [0, 0.05) is 11.8 Å². The number of benzene rings is 3. The van der Waals surface area contributed by atoms with Gasteiger partial charge in [-0.05, 0) is 49.7 Å². The lowest BCUT2D eigenvalue weighted by atomic mass is 10.2. The summed E-state index contributed by atoms with van der Waals surface area (Å²) in [6.45, 7) is 3.93. The van der Waals surface area contributed by atoms with Crippen molar-refractivity contribution in [3.8, 4) is 17.2 Å². The van der Waals surface area contributed by atoms with Crippen molar-refractivity contribution in [3.63, 3.8) is 0 Å². The number of methoxy groups -OCH3 is 1. The number of hydrogen-bond donors (Lipinski definition) is 1. The van der Waals surface area contributed by atoms with Gasteiger partial charge in [-0.25, -0.2) is 4.98 Å². The standard InChI is InChI=1S/C27H25N5O3S2/c1-17-9-7-14-22-24(17)29-26(37-22)28-23(33)16-36-27-31-30-25(32(27)19-10-5-4-6-11-19)18(2)35-21-13-8-12-20(15-21)34-3/h4-15,18H,16H2,1-3H3,(H,28,29,33). The fourth-order valence-electron chi connectivity index (χ4n) is 3.81. The predicted molar refractivity (Wildman–Crippen MR) is 147 cm³/mol. The molecule has 0 aliphatic rings. The fraction of sp³-hybridized carbons (Fsp3) is 0.185. The maximum Gasteiger partial charge on any atom is 0.236 e. The first-order valence-electron chi connectivity index (χ1n) is 11.6. The maximum absolute atomic E-state index is 12.8. The van der Waals surface area contributed by atoms with Crippen LogP contribution in [0, 0.1) is 6.92 Å². The van der Waals surface area contributed by atoms with Crippen molar-refractivity contribution in [1.29, 1.82) is 0 Å². The lowest BCUT2D eigenvalue weighted by Gasteiger charge is -2.17. The number of nitrogens with zero attached hydrogens (tertiary/aromatic N) is 4. The van der Waals surface area contributed by atoms with Crippen LogP contribution in [0.1, 0.15) is 24.4 Å². The van der Waals surface area contributed by atoms with Crippen LogP contribution in [-0.2, 0) is 4.79 Å². The highest BCUT2D eigenvalue weighted by molar-refractivity contribution is 7.99. The summed E-state index contributed by atoms with van der Waals surface area (Å²) in [6, 6.07) is 23.2. The van der Waals surface area contributed by atoms with Crippen LogP contribution in [0.2, 0.25) is 0 Å². The number of nitrogens with one attached hydrogen (secondary N) is 1. The minimum atomic E-state index is -0.408. The number of amides is 1. The van der Waals surface area contributed by atoms with E-state index in [9.17, 15) is 4.79 Å². The minimum absolute atomic E-state index is 0.158. The SMILES string of the molecule is COc1cccc(OC(C)c2nnc(SCC(=O)Nc3nc4c(C)cccc4s3)n2-c2ccccc2)c1. The Balaban J connectivity index is 1.34. The van der Waals surface area contributed by atoms with Crippen LogP contribution in [0.4, 0.5) is 5.13 Å². The number of ether oxygens (including phenoxy) is 2. The molecule has 2 heterocycles. The Kier molecular flexibility index (Phi) is 7.38. The fourth-order valence-corrected chi connectivity index (χ4v) is 5.53. The Morgan fingerprint density at radius 3 is 2.62 bits per heavy atom. The predicted octanol–water partition coefficient (Wildman–Crippen LogP) is 6.06. The lowest BCUT2D eigenvalue weighted by Crippen LogP contribution is -2.15. The molecule has 1 N–H and O–H groups in total. The molecule has 2 aromatic heterocycles. The van der Waals surface area contributed by atoms with Gasteiger partial charge >= 0.3 is 0 Å². The van der Waals surface area contributed by atoms with E-state index in [1.165, 1.54) is 23.1 Å². The van der Waals surface area contributed by atoms with E-state index in [1.807, 2.05) is 91.2 Å². The lowest BCUT2D eigenvalue weighted by molar-refractivity contribution is -0.113. The van der Waals surface area contributed by atoms with E-state index >= 15 is 0 Å². The third-order valence-electron chi connectivity index (χ3n) is 5.59. The molecule has 0 radical (unpaired) electrons. The van der Waals surface area contributed by atoms with Crippen molar-refractivity contribution < 1.29 is 14.3 Å². The Hall–Kier alpha value is -3.89. The van der Waals surface area contributed by atoms with Crippen LogP contribution in [0.25, 0.3) is 15.9 Å². The zero-order valence-electron chi connectivity index (χ0n) is 20.5. The van der Waals surface area contributed by atoms with Gasteiger partial charge in [0.15, 0.2) is 22.2 Å². The number of aryl methyl sites for hydroxylation is 1. The van der Waals surface area contributed by atoms with E-state index in [4.69, 9.17) is 9.47 Å². The Bertz CT molecular complexity index is 1530. The number of rotatable bonds is 9. The molecule has 10 heteroatoms. The molecule has 0 bridgehead atoms. The van der Waals surface area contributed by atoms with Gasteiger partial charge in [0.05, 0.1) is 23.1 Å². The number of aromatic nitrogens is 4. The van der Waals surface area contributed by atoms with Crippen molar-refractivity contribution in [2.75, 3.05) is 18.2 Å². The number of thiazole rings is 1. The quantitative estimate of drug-likeness (QED) is 0.231. The highest BCUT2D eigenvalue weighted by Crippen LogP contribution is 2.30. The highest BCUT2D eigenvalue weighted by Gasteiger charge is 2.22. The smallest absolute Gasteiger partial charge is 0.236 e. The summed E-state index contributed by atoms with van der Waals surface area (Å²) in [4.78, 5) is 17.3. The second-order valence-corrected chi connectivity index (χ2v) is 10.2. The van der Waals surface area contributed by atoms with Crippen LogP contribution in [0.3, 0.4) is 0 Å². The summed E-state index contributed by atoms with van der Waals surface area (Å²) in [5.41, 5.74) is 2.87. The number of carbonyl (C=O) groups is 1. The summed E-state index contributed by atoms with van der Waals surface area (Å²) in [7, 11) is 1.62. The molecule has 1 unspecified atom stereocenters. The van der Waals surface area contributed by atoms with Gasteiger partial charge in [0.1, 0.15) is 11.5 Å². The van der Waals surface area contributed by atoms with Gasteiger partial charge in [-0.2, -0.15) is 0 Å². The molecular weight excluding hydrogens is 506 g/mol. The molecule has 8 nitrogen and oxygen atoms in total. The Labute approximate surface area is 222 Å². The number of hydrogen-bond acceptors (Lipinski definition) is 8. The number of fused-ring (bicyclic) bond motifs is 1. The minimum Gasteiger partial charge on any atom is -0.497 e. The summed E-state index contributed by atoms with van der Waals surface area (Å²) < 4.78 is 14.4. The molecule has 5 rings (SSSR count). The highest BCUT2D eigenvalue weighted by atomic mass is 32.2. The molecule has 1 atom stereocenters. The van der Waals surface area contributed by atoms with E-state index in [0.29, 0.717) is 27.6 Å². The van der Waals surface area contributed by atoms with Crippen LogP contribution in [0.5, 0.6) is 11.5 Å². The van der Waals surface area contributed by atoms with Gasteiger partial charge in [-0.15, -0.1) is 10.2 Å². The van der Waals surface area contributed by atoms with Crippen molar-refractivity contribution in [3.05, 3.63) is 84.2 Å². The monoisotopic (exact) mass is 531 g/mol. The molecular formula is C27H25N5O3S2. The summed E-state index contributed by atoms with van der Waals surface area (Å²) >= 11 is 2.77. The molecule has 188 valence electrons. The average Bonchev–Trinajstić information content (AvgIpc) is 3.53. The second-order valence-electron chi connectivity index (χ2n) is 8.23. The van der Waals surface area contributed by atoms with Crippen molar-refractivity contribution in [2.24, 2.45) is 0 Å². The Morgan fingerprint density at radius 2 is 1.84 bits per heavy atom. The van der Waals surface area contributed by atoms with E-state index in [0.717, 1.165) is 21.5 Å². The second kappa shape index (κ2) is 11.0. The number of carbonyl (C=O) groups excluding carboxylic acids is 1. The van der Waals surface area contributed by atoms with Crippen molar-refractivity contribution in [2.45, 2.75) is 25.1 Å². The summed E-state index contributed by atoms with van der Waals surface area (Å²) in [6.07, 6.45) is -0.408. The first kappa shape index (κ1) is 24.8. The van der Waals surface area contributed by atoms with E-state index < -0.39 is 6.10 Å². The summed E-state index contributed by atoms with van der Waals surface area (Å²) in [5.74, 6) is 1.99. The summed E-state index contributed by atoms with van der Waals surface area (Å²) in [5, 5.41) is 12.9. The van der Waals surface area contributed by atoms with Crippen LogP contribution >= 0.6 is 23.1 Å². The van der Waals surface area contributed by atoms with E-state index in [2.05, 4.69) is 20.5 Å². The molecule has 3 aromatic carbocycles. The van der Waals surface area contributed by atoms with E-state index in [-0.39, 0.29) is 11.7 Å². The Morgan fingerprint density at radius 1 is 1.05 bits per heavy atom. The molecule has 5 aromatic rings. The molecule has 0 saturated carbocycles. The van der Waals surface area contributed by atoms with Gasteiger partial charge in [0.25, 0.3) is 0 Å². The average molecular weight is 532 g/mol. The normalized spacial score (nSPS) is 11.9. The van der Waals surface area contributed by atoms with Crippen LogP contribution in [0.15, 0.2) is 78.0 Å². The van der Waals surface area contributed by atoms with E-state index in [1.54, 1.807) is 7.11 Å². The zero-order chi connectivity index (χ0) is 25.8. The number of para-hydroxylation sites is 2. The van der Waals surface area contributed by atoms with Gasteiger partial charge < -0.3 is 14.8 Å². The van der Waals surface area contributed by atoms with Gasteiger partial charge in [-0.1, -0.05) is 59.5 Å². The van der Waals surface area contributed by atoms with Gasteiger partial charge in [0.2, 0.25) is 5.91 Å². The topological polar surface area (TPSA) is 91.2 Å². The third kappa shape index (κ3) is 5.60. The van der Waals surface area contributed by atoms with Crippen molar-refractivity contribution >= 4 is 44.4 Å². The molecule has 0 fully saturated rings. The van der Waals surface area contributed by atoms with Gasteiger partial charge in [-0.3, -0.25) is 9.36 Å². The van der Waals surface area contributed by atoms with Crippen molar-refractivity contribution in [1.82, 2.24) is 19.7 Å². The zero-order valence-corrected chi connectivity index (χ0v) is 22.2. The molecule has 0 aliphatic carbocycles. The van der Waals surface area contributed by atoms with Crippen LogP contribution < -0.4 is 14.8 Å². The number of thioether (sulfide) groups is 1. The van der Waals surface area contributed by atoms with Crippen LogP contribution in [-0.4, -0.2) is 38.5 Å². The first-order valence-corrected chi connectivity index (χ1v) is 13.4. The molecule has 0 spiro atoms.